The third kappa shape index (κ3) is 3.90. The molecule has 0 saturated carbocycles. The average molecular weight is 381 g/mol. The lowest BCUT2D eigenvalue weighted by atomic mass is 9.64. The Morgan fingerprint density at radius 3 is 2.21 bits per heavy atom. The van der Waals surface area contributed by atoms with Crippen molar-refractivity contribution in [3.05, 3.63) is 77.2 Å². The predicted octanol–water partition coefficient (Wildman–Crippen LogP) is 4.22. The lowest BCUT2D eigenvalue weighted by molar-refractivity contribution is -0.131. The van der Waals surface area contributed by atoms with Crippen LogP contribution in [0.15, 0.2) is 65.9 Å². The molecule has 2 aromatic rings. The summed E-state index contributed by atoms with van der Waals surface area (Å²) in [7, 11) is 0. The molecule has 0 radical (unpaired) electrons. The Kier molecular flexibility index (Phi) is 5.47. The fraction of sp³-hybridized carbons (Fsp3) is 0.304. The number of nitrogens with one attached hydrogen (secondary N) is 1. The molecule has 0 spiro atoms. The number of para-hydroxylation sites is 1. The number of carbonyl (C=O) groups is 2. The smallest absolute Gasteiger partial charge is 0.158 e. The highest BCUT2D eigenvalue weighted by Gasteiger charge is 2.49. The molecule has 0 aromatic heterocycles. The van der Waals surface area contributed by atoms with Gasteiger partial charge in [-0.2, -0.15) is 0 Å². The van der Waals surface area contributed by atoms with Crippen LogP contribution in [0.4, 0.5) is 10.1 Å². The molecule has 5 heteroatoms. The van der Waals surface area contributed by atoms with Crippen LogP contribution in [0, 0.1) is 11.7 Å². The SMILES string of the molecule is CC(=O)C1=C(Nc2ccccc2)CC(C)(O)C(C(C)=O)C1c1ccc(F)cc1. The molecule has 0 amide bonds. The molecular formula is C23H24FNO3. The number of benzene rings is 2. The molecule has 3 rings (SSSR count). The third-order valence-electron chi connectivity index (χ3n) is 5.29. The summed E-state index contributed by atoms with van der Waals surface area (Å²) in [5.74, 6) is -2.27. The van der Waals surface area contributed by atoms with Crippen LogP contribution in [0.25, 0.3) is 0 Å². The van der Waals surface area contributed by atoms with E-state index in [1.807, 2.05) is 30.3 Å². The molecule has 3 atom stereocenters. The van der Waals surface area contributed by atoms with E-state index in [4.69, 9.17) is 0 Å². The van der Waals surface area contributed by atoms with E-state index in [0.717, 1.165) is 5.69 Å². The van der Waals surface area contributed by atoms with Crippen LogP contribution < -0.4 is 5.32 Å². The predicted molar refractivity (Wildman–Crippen MR) is 106 cm³/mol. The van der Waals surface area contributed by atoms with Crippen molar-refractivity contribution in [3.63, 3.8) is 0 Å². The molecule has 1 aliphatic rings. The minimum atomic E-state index is -1.36. The Balaban J connectivity index is 2.21. The van der Waals surface area contributed by atoms with E-state index >= 15 is 0 Å². The van der Waals surface area contributed by atoms with Gasteiger partial charge in [-0.3, -0.25) is 9.59 Å². The van der Waals surface area contributed by atoms with Crippen LogP contribution in [-0.2, 0) is 9.59 Å². The van der Waals surface area contributed by atoms with Gasteiger partial charge in [-0.25, -0.2) is 4.39 Å². The second-order valence-corrected chi connectivity index (χ2v) is 7.59. The van der Waals surface area contributed by atoms with Gasteiger partial charge in [0.1, 0.15) is 11.6 Å². The van der Waals surface area contributed by atoms with E-state index in [9.17, 15) is 19.1 Å². The quantitative estimate of drug-likeness (QED) is 0.814. The molecule has 0 heterocycles. The molecule has 0 fully saturated rings. The fourth-order valence-electron chi connectivity index (χ4n) is 4.22. The number of rotatable bonds is 5. The Bertz CT molecular complexity index is 917. The monoisotopic (exact) mass is 381 g/mol. The number of carbonyl (C=O) groups excluding carboxylic acids is 2. The molecule has 3 unspecified atom stereocenters. The lowest BCUT2D eigenvalue weighted by Crippen LogP contribution is -2.48. The van der Waals surface area contributed by atoms with Gasteiger partial charge in [0, 0.05) is 29.3 Å². The number of ketones is 2. The summed E-state index contributed by atoms with van der Waals surface area (Å²) in [5.41, 5.74) is 1.07. The topological polar surface area (TPSA) is 66.4 Å². The van der Waals surface area contributed by atoms with Gasteiger partial charge < -0.3 is 10.4 Å². The van der Waals surface area contributed by atoms with Gasteiger partial charge in [0.2, 0.25) is 0 Å². The van der Waals surface area contributed by atoms with Gasteiger partial charge in [-0.15, -0.1) is 0 Å². The average Bonchev–Trinajstić information content (AvgIpc) is 2.61. The summed E-state index contributed by atoms with van der Waals surface area (Å²) < 4.78 is 13.5. The number of hydrogen-bond acceptors (Lipinski definition) is 4. The van der Waals surface area contributed by atoms with Crippen LogP contribution in [0.2, 0.25) is 0 Å². The van der Waals surface area contributed by atoms with E-state index < -0.39 is 23.3 Å². The fourth-order valence-corrected chi connectivity index (χ4v) is 4.22. The molecule has 4 nitrogen and oxygen atoms in total. The highest BCUT2D eigenvalue weighted by molar-refractivity contribution is 5.98. The van der Waals surface area contributed by atoms with E-state index in [-0.39, 0.29) is 18.0 Å². The Hall–Kier alpha value is -2.79. The summed E-state index contributed by atoms with van der Waals surface area (Å²) >= 11 is 0. The van der Waals surface area contributed by atoms with E-state index in [1.165, 1.54) is 26.0 Å². The molecule has 146 valence electrons. The van der Waals surface area contributed by atoms with Crippen molar-refractivity contribution in [2.45, 2.75) is 38.7 Å². The first-order chi connectivity index (χ1) is 13.2. The van der Waals surface area contributed by atoms with Crippen LogP contribution in [0.5, 0.6) is 0 Å². The summed E-state index contributed by atoms with van der Waals surface area (Å²) in [6, 6.07) is 15.1. The first-order valence-corrected chi connectivity index (χ1v) is 9.25. The Morgan fingerprint density at radius 1 is 1.07 bits per heavy atom. The van der Waals surface area contributed by atoms with Crippen molar-refractivity contribution in [3.8, 4) is 0 Å². The summed E-state index contributed by atoms with van der Waals surface area (Å²) in [6.45, 7) is 4.48. The number of anilines is 1. The van der Waals surface area contributed by atoms with Crippen molar-refractivity contribution in [1.29, 1.82) is 0 Å². The van der Waals surface area contributed by atoms with Gasteiger partial charge in [-0.05, 0) is 50.6 Å². The van der Waals surface area contributed by atoms with Crippen molar-refractivity contribution < 1.29 is 19.1 Å². The molecule has 1 aliphatic carbocycles. The summed E-state index contributed by atoms with van der Waals surface area (Å²) in [5, 5.41) is 14.4. The zero-order valence-electron chi connectivity index (χ0n) is 16.2. The van der Waals surface area contributed by atoms with Crippen LogP contribution in [-0.4, -0.2) is 22.3 Å². The molecular weight excluding hydrogens is 357 g/mol. The van der Waals surface area contributed by atoms with Crippen molar-refractivity contribution >= 4 is 17.3 Å². The van der Waals surface area contributed by atoms with Crippen LogP contribution >= 0.6 is 0 Å². The summed E-state index contributed by atoms with van der Waals surface area (Å²) in [4.78, 5) is 25.2. The van der Waals surface area contributed by atoms with Gasteiger partial charge >= 0.3 is 0 Å². The first kappa shape index (κ1) is 20.0. The maximum Gasteiger partial charge on any atom is 0.158 e. The van der Waals surface area contributed by atoms with Crippen molar-refractivity contribution in [2.24, 2.45) is 5.92 Å². The van der Waals surface area contributed by atoms with E-state index in [2.05, 4.69) is 5.32 Å². The van der Waals surface area contributed by atoms with Gasteiger partial charge in [-0.1, -0.05) is 30.3 Å². The van der Waals surface area contributed by atoms with E-state index in [1.54, 1.807) is 19.1 Å². The molecule has 0 bridgehead atoms. The van der Waals surface area contributed by atoms with Crippen LogP contribution in [0.3, 0.4) is 0 Å². The minimum Gasteiger partial charge on any atom is -0.389 e. The largest absolute Gasteiger partial charge is 0.389 e. The standard InChI is InChI=1S/C23H24FNO3/c1-14(26)20-19(25-18-7-5-4-6-8-18)13-23(3,28)22(15(2)27)21(20)16-9-11-17(24)12-10-16/h4-12,21-22,25,28H,13H2,1-3H3. The van der Waals surface area contributed by atoms with E-state index in [0.29, 0.717) is 16.8 Å². The summed E-state index contributed by atoms with van der Waals surface area (Å²) in [6.07, 6.45) is 0.138. The van der Waals surface area contributed by atoms with Crippen molar-refractivity contribution in [2.75, 3.05) is 5.32 Å². The lowest BCUT2D eigenvalue weighted by Gasteiger charge is -2.43. The number of hydrogen-bond donors (Lipinski definition) is 2. The van der Waals surface area contributed by atoms with Gasteiger partial charge in [0.05, 0.1) is 11.5 Å². The zero-order valence-corrected chi connectivity index (χ0v) is 16.2. The highest BCUT2D eigenvalue weighted by atomic mass is 19.1. The number of Topliss-reactive ketones (excluding diaryl/α,β-unsaturated/α-hetero) is 2. The molecule has 2 aromatic carbocycles. The Morgan fingerprint density at radius 2 is 1.68 bits per heavy atom. The normalized spacial score (nSPS) is 24.8. The molecule has 0 saturated heterocycles. The van der Waals surface area contributed by atoms with Crippen molar-refractivity contribution in [1.82, 2.24) is 0 Å². The minimum absolute atomic E-state index is 0.138. The molecule has 2 N–H and O–H groups in total. The second kappa shape index (κ2) is 7.68. The highest BCUT2D eigenvalue weighted by Crippen LogP contribution is 2.47. The number of allylic oxidation sites excluding steroid dienone is 1. The third-order valence-corrected chi connectivity index (χ3v) is 5.29. The van der Waals surface area contributed by atoms with Gasteiger partial charge in [0.25, 0.3) is 0 Å². The maximum atomic E-state index is 13.5. The van der Waals surface area contributed by atoms with Crippen LogP contribution in [0.1, 0.15) is 38.7 Å². The second-order valence-electron chi connectivity index (χ2n) is 7.59. The Labute approximate surface area is 164 Å². The number of halogens is 1. The molecule has 28 heavy (non-hydrogen) atoms. The molecule has 0 aliphatic heterocycles. The maximum absolute atomic E-state index is 13.5. The first-order valence-electron chi connectivity index (χ1n) is 9.25. The zero-order chi connectivity index (χ0) is 20.5. The van der Waals surface area contributed by atoms with Gasteiger partial charge in [0.15, 0.2) is 5.78 Å². The number of aliphatic hydroxyl groups is 1.